The lowest BCUT2D eigenvalue weighted by Gasteiger charge is -2.30. The summed E-state index contributed by atoms with van der Waals surface area (Å²) >= 11 is 0. The highest BCUT2D eigenvalue weighted by molar-refractivity contribution is 5.05. The van der Waals surface area contributed by atoms with Gasteiger partial charge in [-0.15, -0.1) is 0 Å². The summed E-state index contributed by atoms with van der Waals surface area (Å²) in [5.41, 5.74) is 0.670. The third-order valence-electron chi connectivity index (χ3n) is 4.35. The third-order valence-corrected chi connectivity index (χ3v) is 4.35. The van der Waals surface area contributed by atoms with Gasteiger partial charge >= 0.3 is 0 Å². The van der Waals surface area contributed by atoms with E-state index in [1.165, 1.54) is 38.8 Å². The van der Waals surface area contributed by atoms with E-state index in [0.29, 0.717) is 11.5 Å². The Morgan fingerprint density at radius 1 is 1.38 bits per heavy atom. The molecule has 0 aromatic rings. The molecule has 2 fully saturated rings. The van der Waals surface area contributed by atoms with Crippen molar-refractivity contribution in [1.82, 2.24) is 5.32 Å². The first-order valence-electron chi connectivity index (χ1n) is 6.98. The van der Waals surface area contributed by atoms with Crippen LogP contribution in [0.3, 0.4) is 0 Å². The van der Waals surface area contributed by atoms with E-state index in [0.717, 1.165) is 18.4 Å². The highest BCUT2D eigenvalue weighted by Crippen LogP contribution is 2.60. The summed E-state index contributed by atoms with van der Waals surface area (Å²) in [4.78, 5) is 0. The Bertz CT molecular complexity index is 229. The molecule has 94 valence electrons. The molecule has 2 aliphatic rings. The van der Waals surface area contributed by atoms with Crippen molar-refractivity contribution in [2.45, 2.75) is 52.6 Å². The van der Waals surface area contributed by atoms with E-state index in [4.69, 9.17) is 4.74 Å². The van der Waals surface area contributed by atoms with Crippen molar-refractivity contribution in [3.63, 3.8) is 0 Å². The van der Waals surface area contributed by atoms with Crippen LogP contribution in [0.4, 0.5) is 0 Å². The summed E-state index contributed by atoms with van der Waals surface area (Å²) < 4.78 is 5.77. The SMILES string of the molecule is CCC1CC2(CCO1)CC2CNCC(C)C. The van der Waals surface area contributed by atoms with Gasteiger partial charge in [-0.05, 0) is 56.0 Å². The Morgan fingerprint density at radius 3 is 2.88 bits per heavy atom. The lowest BCUT2D eigenvalue weighted by atomic mass is 9.89. The van der Waals surface area contributed by atoms with Crippen LogP contribution in [0.15, 0.2) is 0 Å². The van der Waals surface area contributed by atoms with Crippen molar-refractivity contribution >= 4 is 0 Å². The molecule has 0 bridgehead atoms. The molecule has 2 heteroatoms. The van der Waals surface area contributed by atoms with Crippen LogP contribution in [0, 0.1) is 17.3 Å². The first-order chi connectivity index (χ1) is 7.66. The van der Waals surface area contributed by atoms with Gasteiger partial charge in [0.15, 0.2) is 0 Å². The predicted octanol–water partition coefficient (Wildman–Crippen LogP) is 2.83. The first-order valence-corrected chi connectivity index (χ1v) is 6.98. The van der Waals surface area contributed by atoms with E-state index >= 15 is 0 Å². The van der Waals surface area contributed by atoms with Crippen LogP contribution < -0.4 is 5.32 Å². The molecule has 3 atom stereocenters. The zero-order chi connectivity index (χ0) is 11.6. The van der Waals surface area contributed by atoms with Gasteiger partial charge < -0.3 is 10.1 Å². The largest absolute Gasteiger partial charge is 0.378 e. The molecule has 1 saturated heterocycles. The van der Waals surface area contributed by atoms with Crippen LogP contribution in [0.5, 0.6) is 0 Å². The van der Waals surface area contributed by atoms with Crippen LogP contribution in [0.2, 0.25) is 0 Å². The molecule has 3 unspecified atom stereocenters. The van der Waals surface area contributed by atoms with Crippen molar-refractivity contribution in [3.8, 4) is 0 Å². The van der Waals surface area contributed by atoms with Gasteiger partial charge in [-0.25, -0.2) is 0 Å². The average molecular weight is 225 g/mol. The van der Waals surface area contributed by atoms with E-state index < -0.39 is 0 Å². The summed E-state index contributed by atoms with van der Waals surface area (Å²) in [7, 11) is 0. The normalized spacial score (nSPS) is 38.2. The van der Waals surface area contributed by atoms with Gasteiger partial charge in [-0.3, -0.25) is 0 Å². The van der Waals surface area contributed by atoms with E-state index in [-0.39, 0.29) is 0 Å². The van der Waals surface area contributed by atoms with E-state index in [1.54, 1.807) is 0 Å². The predicted molar refractivity (Wildman–Crippen MR) is 67.5 cm³/mol. The van der Waals surface area contributed by atoms with Gasteiger partial charge in [-0.1, -0.05) is 20.8 Å². The molecule has 0 amide bonds. The number of hydrogen-bond donors (Lipinski definition) is 1. The molecule has 1 spiro atoms. The Balaban J connectivity index is 1.71. The fraction of sp³-hybridized carbons (Fsp3) is 1.00. The number of rotatable bonds is 5. The van der Waals surface area contributed by atoms with Crippen molar-refractivity contribution in [3.05, 3.63) is 0 Å². The van der Waals surface area contributed by atoms with E-state index in [9.17, 15) is 0 Å². The fourth-order valence-electron chi connectivity index (χ4n) is 3.13. The van der Waals surface area contributed by atoms with Gasteiger partial charge in [0.05, 0.1) is 6.10 Å². The molecule has 1 N–H and O–H groups in total. The summed E-state index contributed by atoms with van der Waals surface area (Å²) in [5, 5.41) is 3.61. The topological polar surface area (TPSA) is 21.3 Å². The van der Waals surface area contributed by atoms with E-state index in [2.05, 4.69) is 26.1 Å². The number of ether oxygens (including phenoxy) is 1. The van der Waals surface area contributed by atoms with Gasteiger partial charge in [-0.2, -0.15) is 0 Å². The molecule has 0 aromatic heterocycles. The first kappa shape index (κ1) is 12.4. The van der Waals surface area contributed by atoms with Gasteiger partial charge in [0.1, 0.15) is 0 Å². The highest BCUT2D eigenvalue weighted by atomic mass is 16.5. The van der Waals surface area contributed by atoms with E-state index in [1.807, 2.05) is 0 Å². The molecule has 1 heterocycles. The molecule has 1 saturated carbocycles. The summed E-state index contributed by atoms with van der Waals surface area (Å²) in [5.74, 6) is 1.71. The van der Waals surface area contributed by atoms with Crippen LogP contribution in [0.25, 0.3) is 0 Å². The molecular weight excluding hydrogens is 198 g/mol. The maximum absolute atomic E-state index is 5.77. The molecule has 2 nitrogen and oxygen atoms in total. The van der Waals surface area contributed by atoms with Crippen LogP contribution >= 0.6 is 0 Å². The summed E-state index contributed by atoms with van der Waals surface area (Å²) in [6, 6.07) is 0. The number of hydrogen-bond acceptors (Lipinski definition) is 2. The summed E-state index contributed by atoms with van der Waals surface area (Å²) in [6.07, 6.45) is 5.80. The Labute approximate surface area is 100 Å². The molecule has 1 aliphatic carbocycles. The van der Waals surface area contributed by atoms with Crippen molar-refractivity contribution in [2.75, 3.05) is 19.7 Å². The fourth-order valence-corrected chi connectivity index (χ4v) is 3.13. The third kappa shape index (κ3) is 2.78. The zero-order valence-corrected chi connectivity index (χ0v) is 11.1. The van der Waals surface area contributed by atoms with Gasteiger partial charge in [0.2, 0.25) is 0 Å². The quantitative estimate of drug-likeness (QED) is 0.777. The van der Waals surface area contributed by atoms with Crippen molar-refractivity contribution in [2.24, 2.45) is 17.3 Å². The van der Waals surface area contributed by atoms with Crippen molar-refractivity contribution < 1.29 is 4.74 Å². The van der Waals surface area contributed by atoms with Gasteiger partial charge in [0.25, 0.3) is 0 Å². The second-order valence-corrected chi connectivity index (χ2v) is 6.17. The molecule has 0 aromatic carbocycles. The zero-order valence-electron chi connectivity index (χ0n) is 11.1. The summed E-state index contributed by atoms with van der Waals surface area (Å²) in [6.45, 7) is 10.2. The maximum Gasteiger partial charge on any atom is 0.0578 e. The second kappa shape index (κ2) is 5.05. The smallest absolute Gasteiger partial charge is 0.0578 e. The highest BCUT2D eigenvalue weighted by Gasteiger charge is 2.55. The van der Waals surface area contributed by atoms with Crippen molar-refractivity contribution in [1.29, 1.82) is 0 Å². The second-order valence-electron chi connectivity index (χ2n) is 6.17. The minimum Gasteiger partial charge on any atom is -0.378 e. The molecule has 0 radical (unpaired) electrons. The maximum atomic E-state index is 5.77. The Hall–Kier alpha value is -0.0800. The lowest BCUT2D eigenvalue weighted by Crippen LogP contribution is -2.30. The molecule has 16 heavy (non-hydrogen) atoms. The Kier molecular flexibility index (Phi) is 3.91. The standard InChI is InChI=1S/C14H27NO/c1-4-13-8-14(5-6-16-13)7-12(14)10-15-9-11(2)3/h11-13,15H,4-10H2,1-3H3. The Morgan fingerprint density at radius 2 is 2.19 bits per heavy atom. The lowest BCUT2D eigenvalue weighted by molar-refractivity contribution is -0.0219. The van der Waals surface area contributed by atoms with Gasteiger partial charge in [0, 0.05) is 6.61 Å². The molecule has 2 rings (SSSR count). The average Bonchev–Trinajstić information content (AvgIpc) is 2.90. The van der Waals surface area contributed by atoms with Crippen LogP contribution in [-0.4, -0.2) is 25.8 Å². The molecule has 1 aliphatic heterocycles. The minimum absolute atomic E-state index is 0.545. The van der Waals surface area contributed by atoms with Crippen LogP contribution in [-0.2, 0) is 4.74 Å². The molecular formula is C14H27NO. The monoisotopic (exact) mass is 225 g/mol. The minimum atomic E-state index is 0.545. The van der Waals surface area contributed by atoms with Crippen LogP contribution in [0.1, 0.15) is 46.5 Å². The number of nitrogens with one attached hydrogen (secondary N) is 1.